The number of rotatable bonds is 3. The lowest BCUT2D eigenvalue weighted by molar-refractivity contribution is 0.251. The molecule has 0 saturated heterocycles. The highest BCUT2D eigenvalue weighted by Crippen LogP contribution is 2.17. The first-order valence-electron chi connectivity index (χ1n) is 3.54. The molecule has 1 aromatic rings. The molecule has 0 fully saturated rings. The third-order valence-electron chi connectivity index (χ3n) is 1.74. The zero-order chi connectivity index (χ0) is 9.14. The maximum atomic E-state index is 8.96. The summed E-state index contributed by atoms with van der Waals surface area (Å²) in [5.74, 6) is 0. The summed E-state index contributed by atoms with van der Waals surface area (Å²) in [7, 11) is 1.82. The van der Waals surface area contributed by atoms with E-state index in [0.717, 1.165) is 5.16 Å². The minimum Gasteiger partial charge on any atom is -0.390 e. The fourth-order valence-electron chi connectivity index (χ4n) is 1.07. The lowest BCUT2D eigenvalue weighted by Gasteiger charge is -2.00. The molecule has 0 bridgehead atoms. The Bertz CT molecular complexity index is 273. The number of aliphatic hydroxyl groups is 2. The van der Waals surface area contributed by atoms with Gasteiger partial charge in [0.2, 0.25) is 0 Å². The van der Waals surface area contributed by atoms with Gasteiger partial charge >= 0.3 is 0 Å². The van der Waals surface area contributed by atoms with E-state index in [1.165, 1.54) is 11.8 Å². The van der Waals surface area contributed by atoms with Crippen molar-refractivity contribution in [3.8, 4) is 0 Å². The molecule has 5 heteroatoms. The van der Waals surface area contributed by atoms with Crippen LogP contribution in [0.25, 0.3) is 0 Å². The Morgan fingerprint density at radius 3 is 2.42 bits per heavy atom. The number of hydrogen-bond acceptors (Lipinski definition) is 4. The van der Waals surface area contributed by atoms with Gasteiger partial charge in [0.25, 0.3) is 0 Å². The van der Waals surface area contributed by atoms with Crippen LogP contribution in [0.5, 0.6) is 0 Å². The standard InChI is InChI=1S/C7H12N2O2S/c1-9-6(4-11)5(3-10)8-7(9)12-2/h10-11H,3-4H2,1-2H3. The second-order valence-corrected chi connectivity index (χ2v) is 3.14. The van der Waals surface area contributed by atoms with Crippen molar-refractivity contribution >= 4 is 11.8 Å². The van der Waals surface area contributed by atoms with E-state index in [9.17, 15) is 0 Å². The average molecular weight is 188 g/mol. The minimum atomic E-state index is -0.121. The Morgan fingerprint density at radius 2 is 2.08 bits per heavy atom. The van der Waals surface area contributed by atoms with Gasteiger partial charge in [0.05, 0.1) is 24.6 Å². The molecule has 0 radical (unpaired) electrons. The van der Waals surface area contributed by atoms with E-state index >= 15 is 0 Å². The highest BCUT2D eigenvalue weighted by Gasteiger charge is 2.11. The molecule has 1 aromatic heterocycles. The smallest absolute Gasteiger partial charge is 0.168 e. The second kappa shape index (κ2) is 3.93. The van der Waals surface area contributed by atoms with Gasteiger partial charge < -0.3 is 14.8 Å². The van der Waals surface area contributed by atoms with Gasteiger partial charge in [-0.3, -0.25) is 0 Å². The van der Waals surface area contributed by atoms with Gasteiger partial charge in [-0.1, -0.05) is 11.8 Å². The van der Waals surface area contributed by atoms with E-state index in [2.05, 4.69) is 4.98 Å². The molecule has 68 valence electrons. The van der Waals surface area contributed by atoms with Crippen LogP contribution in [0.1, 0.15) is 11.4 Å². The van der Waals surface area contributed by atoms with Crippen LogP contribution in [0, 0.1) is 0 Å². The van der Waals surface area contributed by atoms with E-state index in [1.807, 2.05) is 13.3 Å². The topological polar surface area (TPSA) is 58.3 Å². The van der Waals surface area contributed by atoms with E-state index < -0.39 is 0 Å². The Morgan fingerprint density at radius 1 is 1.42 bits per heavy atom. The summed E-state index contributed by atoms with van der Waals surface area (Å²) in [5.41, 5.74) is 1.24. The quantitative estimate of drug-likeness (QED) is 0.662. The summed E-state index contributed by atoms with van der Waals surface area (Å²) in [6.07, 6.45) is 1.91. The van der Waals surface area contributed by atoms with Crippen LogP contribution in [0.4, 0.5) is 0 Å². The Labute approximate surface area is 75.2 Å². The normalized spacial score (nSPS) is 10.7. The van der Waals surface area contributed by atoms with Crippen molar-refractivity contribution in [1.29, 1.82) is 0 Å². The number of aromatic nitrogens is 2. The van der Waals surface area contributed by atoms with Crippen LogP contribution in [-0.2, 0) is 20.3 Å². The first kappa shape index (κ1) is 9.57. The van der Waals surface area contributed by atoms with E-state index in [1.54, 1.807) is 4.57 Å². The Hall–Kier alpha value is -0.520. The second-order valence-electron chi connectivity index (χ2n) is 2.37. The van der Waals surface area contributed by atoms with Gasteiger partial charge in [-0.2, -0.15) is 0 Å². The van der Waals surface area contributed by atoms with Gasteiger partial charge in [0.15, 0.2) is 5.16 Å². The van der Waals surface area contributed by atoms with Crippen molar-refractivity contribution in [2.75, 3.05) is 6.26 Å². The van der Waals surface area contributed by atoms with E-state index in [0.29, 0.717) is 11.4 Å². The maximum Gasteiger partial charge on any atom is 0.168 e. The lowest BCUT2D eigenvalue weighted by Crippen LogP contribution is -1.99. The first-order chi connectivity index (χ1) is 5.74. The monoisotopic (exact) mass is 188 g/mol. The van der Waals surface area contributed by atoms with Crippen LogP contribution in [0.2, 0.25) is 0 Å². The molecule has 0 atom stereocenters. The van der Waals surface area contributed by atoms with E-state index in [4.69, 9.17) is 10.2 Å². The molecule has 0 aliphatic carbocycles. The summed E-state index contributed by atoms with van der Waals surface area (Å²) >= 11 is 1.49. The summed E-state index contributed by atoms with van der Waals surface area (Å²) in [6, 6.07) is 0. The van der Waals surface area contributed by atoms with Gasteiger partial charge in [-0.05, 0) is 6.26 Å². The summed E-state index contributed by atoms with van der Waals surface area (Å²) in [5, 5.41) is 18.7. The largest absolute Gasteiger partial charge is 0.390 e. The molecule has 0 amide bonds. The minimum absolute atomic E-state index is 0.0834. The molecule has 0 saturated carbocycles. The van der Waals surface area contributed by atoms with Gasteiger partial charge in [0.1, 0.15) is 0 Å². The highest BCUT2D eigenvalue weighted by atomic mass is 32.2. The molecule has 1 rings (SSSR count). The molecule has 0 aliphatic rings. The van der Waals surface area contributed by atoms with Crippen molar-refractivity contribution in [3.63, 3.8) is 0 Å². The van der Waals surface area contributed by atoms with Crippen LogP contribution >= 0.6 is 11.8 Å². The zero-order valence-corrected chi connectivity index (χ0v) is 7.93. The third kappa shape index (κ3) is 1.48. The predicted octanol–water partition coefficient (Wildman–Crippen LogP) is 0.127. The lowest BCUT2D eigenvalue weighted by atomic mass is 10.3. The number of imidazole rings is 1. The average Bonchev–Trinajstić information content (AvgIpc) is 2.41. The molecule has 12 heavy (non-hydrogen) atoms. The molecule has 0 spiro atoms. The molecule has 0 aliphatic heterocycles. The Balaban J connectivity index is 3.13. The fourth-order valence-corrected chi connectivity index (χ4v) is 1.66. The summed E-state index contributed by atoms with van der Waals surface area (Å²) in [4.78, 5) is 4.13. The van der Waals surface area contributed by atoms with Crippen LogP contribution in [0.15, 0.2) is 5.16 Å². The molecule has 4 nitrogen and oxygen atoms in total. The predicted molar refractivity (Wildman–Crippen MR) is 46.8 cm³/mol. The van der Waals surface area contributed by atoms with Gasteiger partial charge in [0, 0.05) is 7.05 Å². The van der Waals surface area contributed by atoms with Crippen LogP contribution in [0.3, 0.4) is 0 Å². The molecular formula is C7H12N2O2S. The Kier molecular flexibility index (Phi) is 3.13. The molecule has 0 unspecified atom stereocenters. The molecule has 2 N–H and O–H groups in total. The van der Waals surface area contributed by atoms with Crippen LogP contribution in [-0.4, -0.2) is 26.0 Å². The number of nitrogens with zero attached hydrogens (tertiary/aromatic N) is 2. The van der Waals surface area contributed by atoms with Crippen molar-refractivity contribution < 1.29 is 10.2 Å². The third-order valence-corrected chi connectivity index (χ3v) is 2.47. The number of thioether (sulfide) groups is 1. The fraction of sp³-hybridized carbons (Fsp3) is 0.571. The molecular weight excluding hydrogens is 176 g/mol. The molecule has 1 heterocycles. The first-order valence-corrected chi connectivity index (χ1v) is 4.77. The maximum absolute atomic E-state index is 8.96. The molecule has 0 aromatic carbocycles. The number of hydrogen-bond donors (Lipinski definition) is 2. The van der Waals surface area contributed by atoms with Crippen molar-refractivity contribution in [2.24, 2.45) is 7.05 Å². The van der Waals surface area contributed by atoms with Gasteiger partial charge in [-0.15, -0.1) is 0 Å². The van der Waals surface area contributed by atoms with Crippen molar-refractivity contribution in [3.05, 3.63) is 11.4 Å². The number of aliphatic hydroxyl groups excluding tert-OH is 2. The zero-order valence-electron chi connectivity index (χ0n) is 7.11. The van der Waals surface area contributed by atoms with E-state index in [-0.39, 0.29) is 13.2 Å². The van der Waals surface area contributed by atoms with Gasteiger partial charge in [-0.25, -0.2) is 4.98 Å². The highest BCUT2D eigenvalue weighted by molar-refractivity contribution is 7.98. The SMILES string of the molecule is CSc1nc(CO)c(CO)n1C. The van der Waals surface area contributed by atoms with Crippen LogP contribution < -0.4 is 0 Å². The van der Waals surface area contributed by atoms with Crippen molar-refractivity contribution in [1.82, 2.24) is 9.55 Å². The van der Waals surface area contributed by atoms with Crippen molar-refractivity contribution in [2.45, 2.75) is 18.4 Å². The summed E-state index contributed by atoms with van der Waals surface area (Å²) in [6.45, 7) is -0.204. The summed E-state index contributed by atoms with van der Waals surface area (Å²) < 4.78 is 1.79.